The Kier molecular flexibility index (Phi) is 5.41. The summed E-state index contributed by atoms with van der Waals surface area (Å²) in [6, 6.07) is 3.59. The average molecular weight is 301 g/mol. The highest BCUT2D eigenvalue weighted by atomic mass is 32.2. The van der Waals surface area contributed by atoms with E-state index in [9.17, 15) is 13.9 Å². The molecule has 0 aliphatic carbocycles. The van der Waals surface area contributed by atoms with Crippen LogP contribution in [-0.4, -0.2) is 40.6 Å². The van der Waals surface area contributed by atoms with Crippen LogP contribution in [0.15, 0.2) is 18.2 Å². The van der Waals surface area contributed by atoms with Crippen molar-refractivity contribution in [1.29, 1.82) is 0 Å². The third kappa shape index (κ3) is 3.93. The summed E-state index contributed by atoms with van der Waals surface area (Å²) in [6.07, 6.45) is -0.777. The first-order valence-corrected chi connectivity index (χ1v) is 7.99. The lowest BCUT2D eigenvalue weighted by atomic mass is 10.1. The van der Waals surface area contributed by atoms with E-state index in [4.69, 9.17) is 0 Å². The molecule has 1 aliphatic heterocycles. The Balaban J connectivity index is 1.96. The Morgan fingerprint density at radius 3 is 2.75 bits per heavy atom. The first kappa shape index (κ1) is 15.7. The zero-order chi connectivity index (χ0) is 14.7. The molecule has 2 rings (SSSR count). The number of β-amino-alcohol motifs (C(OH)–C–C–N with tert-alkyl or cyclic N) is 1. The number of rotatable bonds is 4. The van der Waals surface area contributed by atoms with Gasteiger partial charge in [-0.3, -0.25) is 4.90 Å². The van der Waals surface area contributed by atoms with Gasteiger partial charge in [0.15, 0.2) is 11.6 Å². The van der Waals surface area contributed by atoms with Crippen molar-refractivity contribution in [2.45, 2.75) is 25.2 Å². The quantitative estimate of drug-likeness (QED) is 0.924. The predicted octanol–water partition coefficient (Wildman–Crippen LogP) is 3.07. The number of aliphatic hydroxyl groups is 1. The maximum Gasteiger partial charge on any atom is 0.159 e. The van der Waals surface area contributed by atoms with Gasteiger partial charge in [0.05, 0.1) is 6.10 Å². The second-order valence-electron chi connectivity index (χ2n) is 5.60. The molecule has 0 saturated carbocycles. The number of hydrogen-bond acceptors (Lipinski definition) is 3. The lowest BCUT2D eigenvalue weighted by Gasteiger charge is -2.35. The molecular weight excluding hydrogens is 280 g/mol. The first-order valence-electron chi connectivity index (χ1n) is 6.94. The standard InChI is InChI=1S/C15H21F2NOS/c1-10(2)15-9-18(5-6-20-15)8-14(19)11-3-4-12(16)13(17)7-11/h3-4,7,10,14-15,19H,5-6,8-9H2,1-2H3. The highest BCUT2D eigenvalue weighted by Gasteiger charge is 2.24. The van der Waals surface area contributed by atoms with Gasteiger partial charge >= 0.3 is 0 Å². The van der Waals surface area contributed by atoms with Gasteiger partial charge < -0.3 is 5.11 Å². The van der Waals surface area contributed by atoms with Gasteiger partial charge in [0, 0.05) is 30.6 Å². The zero-order valence-electron chi connectivity index (χ0n) is 11.9. The van der Waals surface area contributed by atoms with Crippen LogP contribution < -0.4 is 0 Å². The van der Waals surface area contributed by atoms with E-state index in [1.54, 1.807) is 0 Å². The topological polar surface area (TPSA) is 23.5 Å². The van der Waals surface area contributed by atoms with Gasteiger partial charge in [-0.1, -0.05) is 19.9 Å². The second-order valence-corrected chi connectivity index (χ2v) is 6.95. The monoisotopic (exact) mass is 301 g/mol. The summed E-state index contributed by atoms with van der Waals surface area (Å²) in [5, 5.41) is 10.7. The van der Waals surface area contributed by atoms with Crippen molar-refractivity contribution in [3.05, 3.63) is 35.4 Å². The average Bonchev–Trinajstić information content (AvgIpc) is 2.42. The van der Waals surface area contributed by atoms with Crippen molar-refractivity contribution < 1.29 is 13.9 Å². The van der Waals surface area contributed by atoms with Gasteiger partial charge in [-0.25, -0.2) is 8.78 Å². The molecular formula is C15H21F2NOS. The number of hydrogen-bond donors (Lipinski definition) is 1. The Labute approximate surface area is 123 Å². The van der Waals surface area contributed by atoms with Crippen LogP contribution in [0.3, 0.4) is 0 Å². The summed E-state index contributed by atoms with van der Waals surface area (Å²) in [7, 11) is 0. The summed E-state index contributed by atoms with van der Waals surface area (Å²) in [4.78, 5) is 2.20. The van der Waals surface area contributed by atoms with Crippen LogP contribution in [0.1, 0.15) is 25.5 Å². The molecule has 2 unspecified atom stereocenters. The minimum Gasteiger partial charge on any atom is -0.387 e. The minimum absolute atomic E-state index is 0.434. The predicted molar refractivity (Wildman–Crippen MR) is 78.8 cm³/mol. The highest BCUT2D eigenvalue weighted by Crippen LogP contribution is 2.26. The van der Waals surface area contributed by atoms with Gasteiger partial charge in [-0.15, -0.1) is 0 Å². The Hall–Kier alpha value is -0.650. The normalized spacial score (nSPS) is 22.2. The molecule has 1 aromatic carbocycles. The molecule has 1 N–H and O–H groups in total. The molecule has 20 heavy (non-hydrogen) atoms. The summed E-state index contributed by atoms with van der Waals surface area (Å²) in [5.41, 5.74) is 0.434. The molecule has 0 radical (unpaired) electrons. The molecule has 0 amide bonds. The Bertz CT molecular complexity index is 455. The van der Waals surface area contributed by atoms with Crippen LogP contribution in [0.5, 0.6) is 0 Å². The smallest absolute Gasteiger partial charge is 0.159 e. The third-order valence-electron chi connectivity index (χ3n) is 3.68. The molecule has 2 atom stereocenters. The van der Waals surface area contributed by atoms with Crippen molar-refractivity contribution in [2.75, 3.05) is 25.4 Å². The lowest BCUT2D eigenvalue weighted by Crippen LogP contribution is -2.41. The van der Waals surface area contributed by atoms with Crippen LogP contribution >= 0.6 is 11.8 Å². The van der Waals surface area contributed by atoms with Crippen LogP contribution in [0.4, 0.5) is 8.78 Å². The van der Waals surface area contributed by atoms with Gasteiger partial charge in [0.1, 0.15) is 0 Å². The Morgan fingerprint density at radius 1 is 1.35 bits per heavy atom. The Morgan fingerprint density at radius 2 is 2.10 bits per heavy atom. The van der Waals surface area contributed by atoms with Gasteiger partial charge in [0.25, 0.3) is 0 Å². The summed E-state index contributed by atoms with van der Waals surface area (Å²) >= 11 is 1.97. The second kappa shape index (κ2) is 6.87. The number of aliphatic hydroxyl groups excluding tert-OH is 1. The van der Waals surface area contributed by atoms with Crippen molar-refractivity contribution in [1.82, 2.24) is 4.90 Å². The fourth-order valence-electron chi connectivity index (χ4n) is 2.37. The minimum atomic E-state index is -0.907. The third-order valence-corrected chi connectivity index (χ3v) is 5.22. The highest BCUT2D eigenvalue weighted by molar-refractivity contribution is 8.00. The maximum atomic E-state index is 13.2. The molecule has 5 heteroatoms. The van der Waals surface area contributed by atoms with Crippen molar-refractivity contribution in [2.24, 2.45) is 5.92 Å². The van der Waals surface area contributed by atoms with Crippen LogP contribution in [0.25, 0.3) is 0 Å². The van der Waals surface area contributed by atoms with E-state index in [2.05, 4.69) is 18.7 Å². The molecule has 112 valence electrons. The number of nitrogens with zero attached hydrogens (tertiary/aromatic N) is 1. The number of halogens is 2. The van der Waals surface area contributed by atoms with E-state index in [0.29, 0.717) is 23.3 Å². The van der Waals surface area contributed by atoms with Crippen molar-refractivity contribution in [3.8, 4) is 0 Å². The SMILES string of the molecule is CC(C)C1CN(CC(O)c2ccc(F)c(F)c2)CCS1. The number of thioether (sulfide) groups is 1. The molecule has 1 fully saturated rings. The maximum absolute atomic E-state index is 13.2. The van der Waals surface area contributed by atoms with Crippen LogP contribution in [-0.2, 0) is 0 Å². The van der Waals surface area contributed by atoms with Gasteiger partial charge in [0.2, 0.25) is 0 Å². The van der Waals surface area contributed by atoms with Crippen molar-refractivity contribution >= 4 is 11.8 Å². The fourth-order valence-corrected chi connectivity index (χ4v) is 3.74. The molecule has 0 bridgehead atoms. The van der Waals surface area contributed by atoms with Gasteiger partial charge in [-0.2, -0.15) is 11.8 Å². The van der Waals surface area contributed by atoms with Crippen LogP contribution in [0.2, 0.25) is 0 Å². The lowest BCUT2D eigenvalue weighted by molar-refractivity contribution is 0.112. The first-order chi connectivity index (χ1) is 9.47. The van der Waals surface area contributed by atoms with E-state index in [-0.39, 0.29) is 0 Å². The van der Waals surface area contributed by atoms with E-state index in [0.717, 1.165) is 31.0 Å². The van der Waals surface area contributed by atoms with E-state index in [1.165, 1.54) is 6.07 Å². The van der Waals surface area contributed by atoms with E-state index >= 15 is 0 Å². The van der Waals surface area contributed by atoms with Crippen molar-refractivity contribution in [3.63, 3.8) is 0 Å². The zero-order valence-corrected chi connectivity index (χ0v) is 12.7. The van der Waals surface area contributed by atoms with E-state index < -0.39 is 17.7 Å². The van der Waals surface area contributed by atoms with Gasteiger partial charge in [-0.05, 0) is 23.6 Å². The molecule has 1 aromatic rings. The largest absolute Gasteiger partial charge is 0.387 e. The fraction of sp³-hybridized carbons (Fsp3) is 0.600. The molecule has 1 aliphatic rings. The molecule has 0 aromatic heterocycles. The summed E-state index contributed by atoms with van der Waals surface area (Å²) in [6.45, 7) is 6.73. The molecule has 1 heterocycles. The number of benzene rings is 1. The molecule has 0 spiro atoms. The molecule has 2 nitrogen and oxygen atoms in total. The summed E-state index contributed by atoms with van der Waals surface area (Å²) < 4.78 is 26.1. The summed E-state index contributed by atoms with van der Waals surface area (Å²) in [5.74, 6) is -0.137. The molecule has 1 saturated heterocycles. The van der Waals surface area contributed by atoms with E-state index in [1.807, 2.05) is 11.8 Å². The van der Waals surface area contributed by atoms with Crippen LogP contribution in [0, 0.1) is 17.6 Å².